The molecule has 0 saturated carbocycles. The normalized spacial score (nSPS) is 19.9. The quantitative estimate of drug-likeness (QED) is 0.317. The van der Waals surface area contributed by atoms with E-state index in [2.05, 4.69) is 97.5 Å². The van der Waals surface area contributed by atoms with E-state index >= 15 is 0 Å². The minimum absolute atomic E-state index is 0.224. The Morgan fingerprint density at radius 3 is 1.36 bits per heavy atom. The highest BCUT2D eigenvalue weighted by Crippen LogP contribution is 2.40. The first-order valence-corrected chi connectivity index (χ1v) is 18.2. The van der Waals surface area contributed by atoms with Crippen molar-refractivity contribution in [3.8, 4) is 0 Å². The highest BCUT2D eigenvalue weighted by Gasteiger charge is 2.41. The standard InChI is InChI=1S/C13H19N.C11H20F3N.C9H18O.3C2H6/c1-11(2)13(3)9-14(10-13)12-7-5-4-6-8-12;1-9(2)10(3)4-6-15(7-5-10)8-11(12,13)14;1-8(2)9(3)4-6-10-7-5-9;3*1-2/h4-8,11H,9-10H2,1-3H3;9H,4-8H2,1-3H3;8H,4-7H2,1-3H3;3*1-2H3. The molecule has 3 aliphatic rings. The van der Waals surface area contributed by atoms with Gasteiger partial charge in [0.15, 0.2) is 0 Å². The van der Waals surface area contributed by atoms with Gasteiger partial charge in [-0.05, 0) is 79.5 Å². The maximum atomic E-state index is 12.1. The SMILES string of the molecule is CC.CC.CC.CC(C)C1(C)CCN(CC(F)(F)F)CC1.CC(C)C1(C)CCOCC1.CC(C)C1(C)CN(c2ccccc2)C1. The summed E-state index contributed by atoms with van der Waals surface area (Å²) in [5, 5.41) is 0. The Hall–Kier alpha value is -1.27. The molecule has 268 valence electrons. The monoisotopic (exact) mass is 645 g/mol. The van der Waals surface area contributed by atoms with Crippen molar-refractivity contribution < 1.29 is 17.9 Å². The van der Waals surface area contributed by atoms with Crippen molar-refractivity contribution in [2.45, 2.75) is 136 Å². The van der Waals surface area contributed by atoms with Crippen LogP contribution in [0.15, 0.2) is 30.3 Å². The van der Waals surface area contributed by atoms with Crippen LogP contribution in [0.1, 0.15) is 130 Å². The van der Waals surface area contributed by atoms with Crippen LogP contribution in [0.5, 0.6) is 0 Å². The van der Waals surface area contributed by atoms with E-state index in [1.54, 1.807) is 0 Å². The van der Waals surface area contributed by atoms with Crippen molar-refractivity contribution in [1.29, 1.82) is 0 Å². The topological polar surface area (TPSA) is 15.7 Å². The van der Waals surface area contributed by atoms with Gasteiger partial charge in [-0.1, -0.05) is 122 Å². The van der Waals surface area contributed by atoms with Gasteiger partial charge in [0.2, 0.25) is 0 Å². The van der Waals surface area contributed by atoms with E-state index < -0.39 is 12.7 Å². The second kappa shape index (κ2) is 22.3. The fourth-order valence-corrected chi connectivity index (χ4v) is 5.48. The summed E-state index contributed by atoms with van der Waals surface area (Å²) >= 11 is 0. The van der Waals surface area contributed by atoms with E-state index in [4.69, 9.17) is 4.74 Å². The molecule has 6 heteroatoms. The van der Waals surface area contributed by atoms with Gasteiger partial charge in [-0.25, -0.2) is 0 Å². The average Bonchev–Trinajstić information content (AvgIpc) is 3.00. The Morgan fingerprint density at radius 2 is 1.02 bits per heavy atom. The van der Waals surface area contributed by atoms with Crippen molar-refractivity contribution in [2.75, 3.05) is 50.8 Å². The van der Waals surface area contributed by atoms with Gasteiger partial charge in [0.1, 0.15) is 0 Å². The molecule has 0 spiro atoms. The van der Waals surface area contributed by atoms with Crippen LogP contribution >= 0.6 is 0 Å². The summed E-state index contributed by atoms with van der Waals surface area (Å²) < 4.78 is 41.8. The highest BCUT2D eigenvalue weighted by molar-refractivity contribution is 5.49. The zero-order valence-electron chi connectivity index (χ0n) is 32.3. The molecule has 0 aromatic heterocycles. The molecule has 4 rings (SSSR count). The summed E-state index contributed by atoms with van der Waals surface area (Å²) in [4.78, 5) is 3.98. The Balaban J connectivity index is 0. The molecular weight excluding hydrogens is 569 g/mol. The van der Waals surface area contributed by atoms with Crippen LogP contribution in [0, 0.1) is 34.0 Å². The fourth-order valence-electron chi connectivity index (χ4n) is 5.48. The third-order valence-corrected chi connectivity index (χ3v) is 10.4. The number of anilines is 1. The third-order valence-electron chi connectivity index (χ3n) is 10.4. The minimum atomic E-state index is -4.05. The summed E-state index contributed by atoms with van der Waals surface area (Å²) in [5.74, 6) is 2.13. The van der Waals surface area contributed by atoms with Crippen LogP contribution in [0.3, 0.4) is 0 Å². The number of ether oxygens (including phenoxy) is 1. The van der Waals surface area contributed by atoms with Crippen molar-refractivity contribution in [2.24, 2.45) is 34.0 Å². The first kappa shape index (κ1) is 45.9. The van der Waals surface area contributed by atoms with Gasteiger partial charge >= 0.3 is 6.18 Å². The van der Waals surface area contributed by atoms with Gasteiger partial charge in [0, 0.05) is 37.4 Å². The van der Waals surface area contributed by atoms with Crippen LogP contribution in [0.4, 0.5) is 18.9 Å². The maximum absolute atomic E-state index is 12.1. The van der Waals surface area contributed by atoms with Crippen molar-refractivity contribution in [3.63, 3.8) is 0 Å². The Kier molecular flexibility index (Phi) is 22.7. The van der Waals surface area contributed by atoms with Crippen LogP contribution in [-0.2, 0) is 4.74 Å². The molecule has 0 radical (unpaired) electrons. The Morgan fingerprint density at radius 1 is 0.644 bits per heavy atom. The lowest BCUT2D eigenvalue weighted by molar-refractivity contribution is -0.151. The van der Waals surface area contributed by atoms with E-state index in [-0.39, 0.29) is 5.41 Å². The van der Waals surface area contributed by atoms with Crippen molar-refractivity contribution in [3.05, 3.63) is 30.3 Å². The largest absolute Gasteiger partial charge is 0.401 e. The second-order valence-corrected chi connectivity index (χ2v) is 14.1. The molecule has 3 nitrogen and oxygen atoms in total. The number of halogens is 3. The molecule has 1 aromatic rings. The molecule has 0 unspecified atom stereocenters. The molecule has 3 heterocycles. The van der Waals surface area contributed by atoms with Crippen LogP contribution in [-0.4, -0.2) is 57.0 Å². The van der Waals surface area contributed by atoms with E-state index in [1.807, 2.05) is 41.5 Å². The molecule has 0 atom stereocenters. The van der Waals surface area contributed by atoms with E-state index in [1.165, 1.54) is 36.5 Å². The number of piperidine rings is 1. The summed E-state index contributed by atoms with van der Waals surface area (Å²) in [6.07, 6.45) is 0.183. The van der Waals surface area contributed by atoms with Gasteiger partial charge < -0.3 is 9.64 Å². The molecule has 0 N–H and O–H groups in total. The first-order valence-electron chi connectivity index (χ1n) is 18.2. The lowest BCUT2D eigenvalue weighted by atomic mass is 9.72. The Bertz CT molecular complexity index is 818. The molecule has 1 aromatic carbocycles. The number of alkyl halides is 3. The number of benzene rings is 1. The summed E-state index contributed by atoms with van der Waals surface area (Å²) in [6, 6.07) is 10.7. The molecule has 45 heavy (non-hydrogen) atoms. The van der Waals surface area contributed by atoms with Crippen molar-refractivity contribution >= 4 is 5.69 Å². The van der Waals surface area contributed by atoms with Crippen LogP contribution in [0.2, 0.25) is 0 Å². The number of likely N-dealkylation sites (tertiary alicyclic amines) is 1. The molecule has 3 fully saturated rings. The first-order chi connectivity index (χ1) is 21.0. The summed E-state index contributed by atoms with van der Waals surface area (Å²) in [5.41, 5.74) is 2.67. The maximum Gasteiger partial charge on any atom is 0.401 e. The molecular formula is C39H75F3N2O. The van der Waals surface area contributed by atoms with Gasteiger partial charge in [0.25, 0.3) is 0 Å². The van der Waals surface area contributed by atoms with Crippen LogP contribution < -0.4 is 4.90 Å². The number of para-hydroxylation sites is 1. The fraction of sp³-hybridized carbons (Fsp3) is 0.846. The third kappa shape index (κ3) is 16.4. The van der Waals surface area contributed by atoms with Crippen LogP contribution in [0.25, 0.3) is 0 Å². The lowest BCUT2D eigenvalue weighted by Crippen LogP contribution is -2.57. The molecule has 3 aliphatic heterocycles. The number of rotatable bonds is 5. The predicted molar refractivity (Wildman–Crippen MR) is 193 cm³/mol. The number of hydrogen-bond acceptors (Lipinski definition) is 3. The second-order valence-electron chi connectivity index (χ2n) is 14.1. The van der Waals surface area contributed by atoms with Gasteiger partial charge in [0.05, 0.1) is 6.54 Å². The zero-order valence-corrected chi connectivity index (χ0v) is 32.3. The number of nitrogens with zero attached hydrogens (tertiary/aromatic N) is 2. The average molecular weight is 645 g/mol. The van der Waals surface area contributed by atoms with Gasteiger partial charge in [-0.15, -0.1) is 0 Å². The highest BCUT2D eigenvalue weighted by atomic mass is 19.4. The van der Waals surface area contributed by atoms with E-state index in [9.17, 15) is 13.2 Å². The number of hydrogen-bond donors (Lipinski definition) is 0. The molecule has 0 bridgehead atoms. The van der Waals surface area contributed by atoms with Gasteiger partial charge in [-0.2, -0.15) is 13.2 Å². The summed E-state index contributed by atoms with van der Waals surface area (Å²) in [7, 11) is 0. The molecule has 0 amide bonds. The zero-order chi connectivity index (χ0) is 35.5. The van der Waals surface area contributed by atoms with Gasteiger partial charge in [-0.3, -0.25) is 4.90 Å². The smallest absolute Gasteiger partial charge is 0.381 e. The molecule has 3 saturated heterocycles. The predicted octanol–water partition coefficient (Wildman–Crippen LogP) is 12.0. The van der Waals surface area contributed by atoms with E-state index in [0.717, 1.165) is 37.9 Å². The lowest BCUT2D eigenvalue weighted by Gasteiger charge is -2.52. The van der Waals surface area contributed by atoms with E-state index in [0.29, 0.717) is 29.8 Å². The van der Waals surface area contributed by atoms with Crippen molar-refractivity contribution in [1.82, 2.24) is 4.90 Å². The Labute approximate surface area is 279 Å². The summed E-state index contributed by atoms with van der Waals surface area (Å²) in [6.45, 7) is 37.3. The molecule has 0 aliphatic carbocycles. The minimum Gasteiger partial charge on any atom is -0.381 e.